The third kappa shape index (κ3) is 2.48. The van der Waals surface area contributed by atoms with Gasteiger partial charge in [0.15, 0.2) is 0 Å². The Morgan fingerprint density at radius 1 is 1.53 bits per heavy atom. The van der Waals surface area contributed by atoms with Gasteiger partial charge in [-0.3, -0.25) is 0 Å². The van der Waals surface area contributed by atoms with E-state index in [0.717, 1.165) is 22.0 Å². The largest absolute Gasteiger partial charge is 0.496 e. The van der Waals surface area contributed by atoms with Gasteiger partial charge in [-0.2, -0.15) is 0 Å². The van der Waals surface area contributed by atoms with E-state index in [4.69, 9.17) is 16.3 Å². The Kier molecular flexibility index (Phi) is 3.57. The molecule has 2 rings (SSSR count). The number of halogens is 2. The van der Waals surface area contributed by atoms with E-state index in [0.29, 0.717) is 5.92 Å². The fourth-order valence-corrected chi connectivity index (χ4v) is 3.01. The molecular formula is C12H14BrClO. The van der Waals surface area contributed by atoms with Gasteiger partial charge in [0.2, 0.25) is 0 Å². The molecule has 3 heteroatoms. The fraction of sp³-hybridized carbons (Fsp3) is 0.500. The van der Waals surface area contributed by atoms with Crippen molar-refractivity contribution < 1.29 is 4.74 Å². The standard InChI is InChI=1S/C12H14BrClO/c1-15-12-5-4-9(14)6-10(12)11(7-13)8-2-3-8/h4-6,8,11H,2-3,7H2,1H3. The van der Waals surface area contributed by atoms with E-state index in [1.807, 2.05) is 18.2 Å². The van der Waals surface area contributed by atoms with Crippen molar-refractivity contribution in [2.75, 3.05) is 12.4 Å². The first-order valence-electron chi connectivity index (χ1n) is 5.15. The molecule has 0 bridgehead atoms. The van der Waals surface area contributed by atoms with Crippen molar-refractivity contribution in [3.63, 3.8) is 0 Å². The Balaban J connectivity index is 2.34. The number of benzene rings is 1. The smallest absolute Gasteiger partial charge is 0.122 e. The van der Waals surface area contributed by atoms with Gasteiger partial charge < -0.3 is 4.74 Å². The summed E-state index contributed by atoms with van der Waals surface area (Å²) in [7, 11) is 1.71. The summed E-state index contributed by atoms with van der Waals surface area (Å²) in [6.07, 6.45) is 2.65. The molecule has 0 heterocycles. The van der Waals surface area contributed by atoms with Gasteiger partial charge in [0.1, 0.15) is 5.75 Å². The zero-order chi connectivity index (χ0) is 10.8. The summed E-state index contributed by atoms with van der Waals surface area (Å²) in [4.78, 5) is 0. The molecule has 1 nitrogen and oxygen atoms in total. The van der Waals surface area contributed by atoms with Crippen LogP contribution in [0.2, 0.25) is 5.02 Å². The summed E-state index contributed by atoms with van der Waals surface area (Å²) in [6.45, 7) is 0. The zero-order valence-corrected chi connectivity index (χ0v) is 11.0. The van der Waals surface area contributed by atoms with Gasteiger partial charge in [-0.1, -0.05) is 27.5 Å². The predicted molar refractivity (Wildman–Crippen MR) is 67.3 cm³/mol. The van der Waals surface area contributed by atoms with E-state index in [9.17, 15) is 0 Å². The molecule has 1 aromatic carbocycles. The Morgan fingerprint density at radius 3 is 2.80 bits per heavy atom. The van der Waals surface area contributed by atoms with Crippen LogP contribution in [0.5, 0.6) is 5.75 Å². The molecule has 1 unspecified atom stereocenters. The number of hydrogen-bond acceptors (Lipinski definition) is 1. The van der Waals surface area contributed by atoms with Gasteiger partial charge in [-0.15, -0.1) is 0 Å². The highest BCUT2D eigenvalue weighted by atomic mass is 79.9. The summed E-state index contributed by atoms with van der Waals surface area (Å²) in [6, 6.07) is 5.86. The molecule has 1 aliphatic carbocycles. The van der Waals surface area contributed by atoms with Crippen LogP contribution in [0.3, 0.4) is 0 Å². The molecule has 15 heavy (non-hydrogen) atoms. The zero-order valence-electron chi connectivity index (χ0n) is 8.67. The quantitative estimate of drug-likeness (QED) is 0.754. The number of methoxy groups -OCH3 is 1. The van der Waals surface area contributed by atoms with Crippen LogP contribution < -0.4 is 4.74 Å². The third-order valence-electron chi connectivity index (χ3n) is 2.95. The minimum Gasteiger partial charge on any atom is -0.496 e. The molecule has 1 saturated carbocycles. The topological polar surface area (TPSA) is 9.23 Å². The minimum atomic E-state index is 0.540. The summed E-state index contributed by atoms with van der Waals surface area (Å²) < 4.78 is 5.38. The highest BCUT2D eigenvalue weighted by Gasteiger charge is 2.33. The summed E-state index contributed by atoms with van der Waals surface area (Å²) >= 11 is 9.61. The minimum absolute atomic E-state index is 0.540. The maximum Gasteiger partial charge on any atom is 0.122 e. The number of ether oxygens (including phenoxy) is 1. The van der Waals surface area contributed by atoms with Crippen LogP contribution in [0, 0.1) is 5.92 Å². The van der Waals surface area contributed by atoms with Gasteiger partial charge in [-0.05, 0) is 42.5 Å². The lowest BCUT2D eigenvalue weighted by Crippen LogP contribution is -2.05. The van der Waals surface area contributed by atoms with Crippen molar-refractivity contribution in [1.29, 1.82) is 0 Å². The van der Waals surface area contributed by atoms with E-state index in [2.05, 4.69) is 15.9 Å². The average molecular weight is 290 g/mol. The van der Waals surface area contributed by atoms with Crippen LogP contribution in [0.25, 0.3) is 0 Å². The van der Waals surface area contributed by atoms with E-state index < -0.39 is 0 Å². The molecule has 0 saturated heterocycles. The van der Waals surface area contributed by atoms with Crippen molar-refractivity contribution in [2.45, 2.75) is 18.8 Å². The summed E-state index contributed by atoms with van der Waals surface area (Å²) in [5, 5.41) is 1.77. The molecule has 1 aliphatic rings. The van der Waals surface area contributed by atoms with Crippen LogP contribution >= 0.6 is 27.5 Å². The van der Waals surface area contributed by atoms with Crippen LogP contribution in [0.15, 0.2) is 18.2 Å². The maximum atomic E-state index is 6.03. The monoisotopic (exact) mass is 288 g/mol. The van der Waals surface area contributed by atoms with Crippen molar-refractivity contribution in [1.82, 2.24) is 0 Å². The fourth-order valence-electron chi connectivity index (χ4n) is 1.96. The second kappa shape index (κ2) is 4.75. The molecule has 0 amide bonds. The molecule has 1 aromatic rings. The Bertz CT molecular complexity index is 349. The molecule has 0 N–H and O–H groups in total. The third-order valence-corrected chi connectivity index (χ3v) is 3.88. The Morgan fingerprint density at radius 2 is 2.27 bits per heavy atom. The molecule has 0 spiro atoms. The average Bonchev–Trinajstić information content (AvgIpc) is 3.04. The number of hydrogen-bond donors (Lipinski definition) is 0. The van der Waals surface area contributed by atoms with Crippen LogP contribution in [0.4, 0.5) is 0 Å². The lowest BCUT2D eigenvalue weighted by Gasteiger charge is -2.17. The van der Waals surface area contributed by atoms with Gasteiger partial charge in [0, 0.05) is 16.3 Å². The number of rotatable bonds is 4. The van der Waals surface area contributed by atoms with Crippen LogP contribution in [-0.4, -0.2) is 12.4 Å². The maximum absolute atomic E-state index is 6.03. The molecule has 1 atom stereocenters. The molecule has 1 fully saturated rings. The molecular weight excluding hydrogens is 275 g/mol. The van der Waals surface area contributed by atoms with Gasteiger partial charge in [0.25, 0.3) is 0 Å². The first-order valence-corrected chi connectivity index (χ1v) is 6.65. The summed E-state index contributed by atoms with van der Waals surface area (Å²) in [5.41, 5.74) is 1.24. The first-order chi connectivity index (χ1) is 7.26. The van der Waals surface area contributed by atoms with Crippen molar-refractivity contribution in [3.05, 3.63) is 28.8 Å². The molecule has 0 aliphatic heterocycles. The van der Waals surface area contributed by atoms with Crippen LogP contribution in [0.1, 0.15) is 24.3 Å². The highest BCUT2D eigenvalue weighted by molar-refractivity contribution is 9.09. The lowest BCUT2D eigenvalue weighted by atomic mass is 9.95. The Hall–Kier alpha value is -0.210. The highest BCUT2D eigenvalue weighted by Crippen LogP contribution is 2.46. The lowest BCUT2D eigenvalue weighted by molar-refractivity contribution is 0.405. The van der Waals surface area contributed by atoms with E-state index >= 15 is 0 Å². The first kappa shape index (κ1) is 11.3. The van der Waals surface area contributed by atoms with Gasteiger partial charge in [-0.25, -0.2) is 0 Å². The summed E-state index contributed by atoms with van der Waals surface area (Å²) in [5.74, 6) is 2.30. The van der Waals surface area contributed by atoms with Gasteiger partial charge >= 0.3 is 0 Å². The normalized spacial score (nSPS) is 17.5. The van der Waals surface area contributed by atoms with E-state index in [-0.39, 0.29) is 0 Å². The Labute approximate surface area is 104 Å². The van der Waals surface area contributed by atoms with Crippen molar-refractivity contribution in [2.24, 2.45) is 5.92 Å². The second-order valence-electron chi connectivity index (χ2n) is 3.98. The van der Waals surface area contributed by atoms with Crippen molar-refractivity contribution >= 4 is 27.5 Å². The van der Waals surface area contributed by atoms with E-state index in [1.165, 1.54) is 18.4 Å². The molecule has 82 valence electrons. The van der Waals surface area contributed by atoms with Crippen molar-refractivity contribution in [3.8, 4) is 5.75 Å². The molecule has 0 radical (unpaired) electrons. The van der Waals surface area contributed by atoms with Crippen LogP contribution in [-0.2, 0) is 0 Å². The SMILES string of the molecule is COc1ccc(Cl)cc1C(CBr)C1CC1. The predicted octanol–water partition coefficient (Wildman–Crippen LogP) is 4.24. The number of alkyl halides is 1. The molecule has 0 aromatic heterocycles. The van der Waals surface area contributed by atoms with E-state index in [1.54, 1.807) is 7.11 Å². The second-order valence-corrected chi connectivity index (χ2v) is 5.07. The van der Waals surface area contributed by atoms with Gasteiger partial charge in [0.05, 0.1) is 7.11 Å².